The number of fused-ring (bicyclic) bond motifs is 1. The molecule has 0 saturated heterocycles. The van der Waals surface area contributed by atoms with Gasteiger partial charge in [0.2, 0.25) is 0 Å². The van der Waals surface area contributed by atoms with Crippen molar-refractivity contribution in [1.29, 1.82) is 0 Å². The van der Waals surface area contributed by atoms with Crippen LogP contribution in [0.25, 0.3) is 0 Å². The van der Waals surface area contributed by atoms with Gasteiger partial charge in [-0.15, -0.1) is 0 Å². The molecule has 1 amide bonds. The van der Waals surface area contributed by atoms with Crippen LogP contribution in [0.2, 0.25) is 0 Å². The summed E-state index contributed by atoms with van der Waals surface area (Å²) in [6.07, 6.45) is 4.25. The van der Waals surface area contributed by atoms with E-state index in [0.717, 1.165) is 12.0 Å². The normalized spacial score (nSPS) is 15.4. The molecule has 4 heteroatoms. The van der Waals surface area contributed by atoms with E-state index in [-0.39, 0.29) is 6.09 Å². The fraction of sp³-hybridized carbons (Fsp3) is 0.538. The molecular formula is C13H18N2O2. The molecule has 1 aliphatic rings. The van der Waals surface area contributed by atoms with E-state index in [2.05, 4.69) is 4.98 Å². The van der Waals surface area contributed by atoms with Crippen molar-refractivity contribution in [1.82, 2.24) is 9.88 Å². The van der Waals surface area contributed by atoms with Crippen LogP contribution in [0.4, 0.5) is 4.79 Å². The van der Waals surface area contributed by atoms with Crippen LogP contribution in [-0.4, -0.2) is 28.1 Å². The van der Waals surface area contributed by atoms with Crippen LogP contribution in [0.5, 0.6) is 0 Å². The summed E-state index contributed by atoms with van der Waals surface area (Å²) in [5.74, 6) is 0. The first-order valence-electron chi connectivity index (χ1n) is 5.85. The summed E-state index contributed by atoms with van der Waals surface area (Å²) >= 11 is 0. The number of hydrogen-bond acceptors (Lipinski definition) is 3. The van der Waals surface area contributed by atoms with Gasteiger partial charge in [-0.25, -0.2) is 4.79 Å². The number of carbonyl (C=O) groups is 1. The molecule has 0 atom stereocenters. The van der Waals surface area contributed by atoms with Crippen molar-refractivity contribution >= 4 is 6.09 Å². The Morgan fingerprint density at radius 3 is 2.88 bits per heavy atom. The molecule has 4 nitrogen and oxygen atoms in total. The molecule has 92 valence electrons. The number of nitrogens with zero attached hydrogens (tertiary/aromatic N) is 2. The fourth-order valence-corrected chi connectivity index (χ4v) is 1.86. The molecule has 0 fully saturated rings. The highest BCUT2D eigenvalue weighted by molar-refractivity contribution is 5.68. The van der Waals surface area contributed by atoms with Crippen LogP contribution in [0.3, 0.4) is 0 Å². The van der Waals surface area contributed by atoms with E-state index in [4.69, 9.17) is 4.74 Å². The molecule has 1 aliphatic heterocycles. The lowest BCUT2D eigenvalue weighted by atomic mass is 10.0. The highest BCUT2D eigenvalue weighted by Gasteiger charge is 2.25. The molecular weight excluding hydrogens is 216 g/mol. The summed E-state index contributed by atoms with van der Waals surface area (Å²) in [7, 11) is 0. The van der Waals surface area contributed by atoms with Crippen molar-refractivity contribution in [2.75, 3.05) is 6.54 Å². The molecule has 0 saturated carbocycles. The second kappa shape index (κ2) is 4.35. The van der Waals surface area contributed by atoms with E-state index in [1.165, 1.54) is 5.56 Å². The second-order valence-electron chi connectivity index (χ2n) is 5.30. The Morgan fingerprint density at radius 2 is 2.18 bits per heavy atom. The Morgan fingerprint density at radius 1 is 1.41 bits per heavy atom. The second-order valence-corrected chi connectivity index (χ2v) is 5.30. The van der Waals surface area contributed by atoms with E-state index < -0.39 is 5.60 Å². The Hall–Kier alpha value is -1.58. The zero-order valence-corrected chi connectivity index (χ0v) is 10.6. The molecule has 1 aromatic heterocycles. The molecule has 0 unspecified atom stereocenters. The molecule has 0 N–H and O–H groups in total. The number of carbonyl (C=O) groups excluding carboxylic acids is 1. The first-order valence-corrected chi connectivity index (χ1v) is 5.85. The van der Waals surface area contributed by atoms with Gasteiger partial charge in [-0.05, 0) is 44.4 Å². The van der Waals surface area contributed by atoms with Crippen molar-refractivity contribution in [3.8, 4) is 0 Å². The summed E-state index contributed by atoms with van der Waals surface area (Å²) in [6.45, 7) is 6.95. The van der Waals surface area contributed by atoms with Gasteiger partial charge in [0.1, 0.15) is 5.60 Å². The minimum Gasteiger partial charge on any atom is -0.444 e. The third kappa shape index (κ3) is 2.96. The Labute approximate surface area is 102 Å². The van der Waals surface area contributed by atoms with Crippen molar-refractivity contribution in [2.24, 2.45) is 0 Å². The van der Waals surface area contributed by atoms with Crippen LogP contribution in [-0.2, 0) is 17.7 Å². The maximum atomic E-state index is 11.9. The highest BCUT2D eigenvalue weighted by atomic mass is 16.6. The minimum absolute atomic E-state index is 0.244. The summed E-state index contributed by atoms with van der Waals surface area (Å²) in [5, 5.41) is 0. The van der Waals surface area contributed by atoms with Gasteiger partial charge in [-0.2, -0.15) is 0 Å². The van der Waals surface area contributed by atoms with E-state index in [1.54, 1.807) is 11.1 Å². The maximum absolute atomic E-state index is 11.9. The first-order chi connectivity index (χ1) is 7.96. The topological polar surface area (TPSA) is 42.4 Å². The van der Waals surface area contributed by atoms with Gasteiger partial charge in [-0.3, -0.25) is 4.98 Å². The molecule has 0 radical (unpaired) electrons. The van der Waals surface area contributed by atoms with Gasteiger partial charge >= 0.3 is 6.09 Å². The van der Waals surface area contributed by atoms with Crippen LogP contribution in [0.15, 0.2) is 18.5 Å². The van der Waals surface area contributed by atoms with Gasteiger partial charge < -0.3 is 9.64 Å². The number of ether oxygens (including phenoxy) is 1. The summed E-state index contributed by atoms with van der Waals surface area (Å²) < 4.78 is 5.36. The monoisotopic (exact) mass is 234 g/mol. The predicted molar refractivity (Wildman–Crippen MR) is 64.6 cm³/mol. The van der Waals surface area contributed by atoms with E-state index >= 15 is 0 Å². The third-order valence-corrected chi connectivity index (χ3v) is 2.67. The zero-order chi connectivity index (χ0) is 12.5. The van der Waals surface area contributed by atoms with Crippen molar-refractivity contribution in [3.63, 3.8) is 0 Å². The number of rotatable bonds is 0. The van der Waals surface area contributed by atoms with Gasteiger partial charge in [0, 0.05) is 18.9 Å². The molecule has 0 aliphatic carbocycles. The Bertz CT molecular complexity index is 424. The van der Waals surface area contributed by atoms with Crippen molar-refractivity contribution < 1.29 is 9.53 Å². The van der Waals surface area contributed by atoms with Crippen molar-refractivity contribution in [3.05, 3.63) is 29.6 Å². The van der Waals surface area contributed by atoms with Crippen LogP contribution >= 0.6 is 0 Å². The maximum Gasteiger partial charge on any atom is 0.410 e. The SMILES string of the molecule is CC(C)(C)OC(=O)N1CCc2ccncc2C1. The number of pyridine rings is 1. The molecule has 0 aromatic carbocycles. The molecule has 0 spiro atoms. The van der Waals surface area contributed by atoms with E-state index in [1.807, 2.05) is 33.0 Å². The van der Waals surface area contributed by atoms with Gasteiger partial charge in [-0.1, -0.05) is 0 Å². The lowest BCUT2D eigenvalue weighted by Crippen LogP contribution is -2.39. The van der Waals surface area contributed by atoms with Crippen molar-refractivity contribution in [2.45, 2.75) is 39.3 Å². The van der Waals surface area contributed by atoms with Crippen LogP contribution in [0, 0.1) is 0 Å². The summed E-state index contributed by atoms with van der Waals surface area (Å²) in [6, 6.07) is 2.02. The molecule has 1 aromatic rings. The predicted octanol–water partition coefficient (Wildman–Crippen LogP) is 2.37. The first kappa shape index (κ1) is 11.9. The van der Waals surface area contributed by atoms with Crippen LogP contribution < -0.4 is 0 Å². The molecule has 2 rings (SSSR count). The smallest absolute Gasteiger partial charge is 0.410 e. The lowest BCUT2D eigenvalue weighted by molar-refractivity contribution is 0.0224. The zero-order valence-electron chi connectivity index (χ0n) is 10.6. The number of amides is 1. The summed E-state index contributed by atoms with van der Waals surface area (Å²) in [4.78, 5) is 17.7. The Kier molecular flexibility index (Phi) is 3.05. The number of hydrogen-bond donors (Lipinski definition) is 0. The average molecular weight is 234 g/mol. The standard InChI is InChI=1S/C13H18N2O2/c1-13(2,3)17-12(16)15-7-5-10-4-6-14-8-11(10)9-15/h4,6,8H,5,7,9H2,1-3H3. The third-order valence-electron chi connectivity index (χ3n) is 2.67. The minimum atomic E-state index is -0.438. The lowest BCUT2D eigenvalue weighted by Gasteiger charge is -2.30. The van der Waals surface area contributed by atoms with Gasteiger partial charge in [0.15, 0.2) is 0 Å². The molecule has 0 bridgehead atoms. The number of aromatic nitrogens is 1. The average Bonchev–Trinajstić information content (AvgIpc) is 2.26. The largest absolute Gasteiger partial charge is 0.444 e. The molecule has 17 heavy (non-hydrogen) atoms. The molecule has 2 heterocycles. The van der Waals surface area contributed by atoms with Gasteiger partial charge in [0.05, 0.1) is 6.54 Å². The van der Waals surface area contributed by atoms with E-state index in [0.29, 0.717) is 13.1 Å². The highest BCUT2D eigenvalue weighted by Crippen LogP contribution is 2.19. The quantitative estimate of drug-likeness (QED) is 0.692. The Balaban J connectivity index is 2.05. The van der Waals surface area contributed by atoms with Gasteiger partial charge in [0.25, 0.3) is 0 Å². The fourth-order valence-electron chi connectivity index (χ4n) is 1.86. The van der Waals surface area contributed by atoms with Crippen LogP contribution in [0.1, 0.15) is 31.9 Å². The summed E-state index contributed by atoms with van der Waals surface area (Å²) in [5.41, 5.74) is 1.95. The van der Waals surface area contributed by atoms with E-state index in [9.17, 15) is 4.79 Å².